The van der Waals surface area contributed by atoms with E-state index in [1.807, 2.05) is 0 Å². The summed E-state index contributed by atoms with van der Waals surface area (Å²) in [5, 5.41) is 0.847. The number of anilines is 1. The van der Waals surface area contributed by atoms with Gasteiger partial charge in [0.15, 0.2) is 0 Å². The zero-order valence-electron chi connectivity index (χ0n) is 16.0. The fourth-order valence-electron chi connectivity index (χ4n) is 2.69. The van der Waals surface area contributed by atoms with E-state index in [1.54, 1.807) is 12.1 Å². The molecule has 1 amide bonds. The zero-order chi connectivity index (χ0) is 22.5. The quantitative estimate of drug-likeness (QED) is 0.189. The molecule has 0 unspecified atom stereocenters. The smallest absolute Gasteiger partial charge is 0.297 e. The lowest BCUT2D eigenvalue weighted by molar-refractivity contribution is -0.114. The topological polar surface area (TPSA) is 124 Å². The predicted octanol–water partition coefficient (Wildman–Crippen LogP) is 2.44. The Balaban J connectivity index is 2.10. The lowest BCUT2D eigenvalue weighted by Crippen LogP contribution is -2.34. The molecule has 10 heteroatoms. The monoisotopic (exact) mass is 426 g/mol. The summed E-state index contributed by atoms with van der Waals surface area (Å²) in [6, 6.07) is 12.8. The van der Waals surface area contributed by atoms with Gasteiger partial charge in [-0.15, -0.1) is 0 Å². The van der Waals surface area contributed by atoms with E-state index in [2.05, 4.69) is 9.98 Å². The molecule has 7 nitrogen and oxygen atoms in total. The Kier molecular flexibility index (Phi) is 6.32. The van der Waals surface area contributed by atoms with Crippen molar-refractivity contribution >= 4 is 23.1 Å². The summed E-state index contributed by atoms with van der Waals surface area (Å²) in [6.07, 6.45) is 1.42. The molecule has 0 aliphatic heterocycles. The second kappa shape index (κ2) is 9.09. The van der Waals surface area contributed by atoms with Crippen molar-refractivity contribution in [1.29, 1.82) is 0 Å². The van der Waals surface area contributed by atoms with E-state index >= 15 is 0 Å². The number of hydrazine groups is 1. The van der Waals surface area contributed by atoms with Gasteiger partial charge in [-0.05, 0) is 42.5 Å². The molecule has 0 saturated heterocycles. The normalized spacial score (nSPS) is 12.3. The van der Waals surface area contributed by atoms with E-state index in [0.29, 0.717) is 0 Å². The first-order valence-corrected chi connectivity index (χ1v) is 8.84. The number of hydrogen-bond acceptors (Lipinski definition) is 5. The van der Waals surface area contributed by atoms with E-state index in [0.717, 1.165) is 23.2 Å². The number of aliphatic imine (C=N–C) groups is 1. The minimum atomic E-state index is -1.10. The molecule has 1 aromatic heterocycles. The molecule has 0 saturated carbocycles. The average molecular weight is 426 g/mol. The Morgan fingerprint density at radius 2 is 1.65 bits per heavy atom. The van der Waals surface area contributed by atoms with Gasteiger partial charge < -0.3 is 11.5 Å². The number of halogens is 3. The van der Waals surface area contributed by atoms with E-state index in [9.17, 15) is 18.0 Å². The largest absolute Gasteiger partial charge is 0.392 e. The number of carbonyl (C=O) groups is 1. The summed E-state index contributed by atoms with van der Waals surface area (Å²) in [5.74, 6) is 2.04. The molecule has 0 fully saturated rings. The lowest BCUT2D eigenvalue weighted by Gasteiger charge is -2.23. The number of rotatable bonds is 5. The van der Waals surface area contributed by atoms with Gasteiger partial charge in [0.05, 0.1) is 16.9 Å². The summed E-state index contributed by atoms with van der Waals surface area (Å²) in [6.45, 7) is 0. The van der Waals surface area contributed by atoms with Gasteiger partial charge >= 0.3 is 0 Å². The minimum absolute atomic E-state index is 0.0907. The number of carbonyl (C=O) groups excluding carboxylic acids is 1. The highest BCUT2D eigenvalue weighted by Gasteiger charge is 2.22. The molecule has 0 atom stereocenters. The highest BCUT2D eigenvalue weighted by atomic mass is 19.1. The first kappa shape index (κ1) is 21.5. The maximum atomic E-state index is 14.3. The minimum Gasteiger partial charge on any atom is -0.392 e. The van der Waals surface area contributed by atoms with Gasteiger partial charge in [0.1, 0.15) is 34.7 Å². The average Bonchev–Trinajstić information content (AvgIpc) is 2.76. The van der Waals surface area contributed by atoms with Crippen LogP contribution in [0.5, 0.6) is 0 Å². The predicted molar refractivity (Wildman–Crippen MR) is 111 cm³/mol. The number of para-hydroxylation sites is 1. The van der Waals surface area contributed by atoms with Gasteiger partial charge in [0.2, 0.25) is 0 Å². The first-order chi connectivity index (χ1) is 14.8. The number of hydrogen-bond donors (Lipinski definition) is 3. The standard InChI is InChI=1S/C21H17F3N6O/c22-12-8-9-14(23)13(11-12)20(26)29-21(31)18(25)19(16-6-3-4-10-28-16)30(27)17-7-2-1-5-15(17)24/h1-11H,25,27H2,(H2,26,29,31)/b19-18-. The Morgan fingerprint density at radius 3 is 2.32 bits per heavy atom. The Labute approximate surface area is 175 Å². The third-order valence-corrected chi connectivity index (χ3v) is 4.17. The molecule has 0 bridgehead atoms. The highest BCUT2D eigenvalue weighted by molar-refractivity contribution is 6.11. The zero-order valence-corrected chi connectivity index (χ0v) is 16.0. The number of amidine groups is 1. The molecule has 0 aliphatic rings. The fraction of sp³-hybridized carbons (Fsp3) is 0. The molecule has 3 rings (SSSR count). The molecule has 3 aromatic rings. The van der Waals surface area contributed by atoms with E-state index in [4.69, 9.17) is 17.3 Å². The van der Waals surface area contributed by atoms with Crippen LogP contribution in [0.3, 0.4) is 0 Å². The second-order valence-corrected chi connectivity index (χ2v) is 6.23. The van der Waals surface area contributed by atoms with Crippen molar-refractivity contribution < 1.29 is 18.0 Å². The van der Waals surface area contributed by atoms with Crippen LogP contribution in [0.2, 0.25) is 0 Å². The molecule has 0 radical (unpaired) electrons. The van der Waals surface area contributed by atoms with Crippen LogP contribution in [0.25, 0.3) is 5.70 Å². The van der Waals surface area contributed by atoms with Crippen molar-refractivity contribution in [1.82, 2.24) is 4.98 Å². The molecule has 31 heavy (non-hydrogen) atoms. The van der Waals surface area contributed by atoms with Crippen LogP contribution < -0.4 is 22.3 Å². The van der Waals surface area contributed by atoms with Gasteiger partial charge in [-0.3, -0.25) is 14.8 Å². The number of nitrogens with two attached hydrogens (primary N) is 3. The highest BCUT2D eigenvalue weighted by Crippen LogP contribution is 2.26. The number of nitrogens with zero attached hydrogens (tertiary/aromatic N) is 3. The van der Waals surface area contributed by atoms with Crippen LogP contribution in [0.1, 0.15) is 11.3 Å². The van der Waals surface area contributed by atoms with Crippen LogP contribution >= 0.6 is 0 Å². The summed E-state index contributed by atoms with van der Waals surface area (Å²) in [4.78, 5) is 20.3. The number of benzene rings is 2. The Bertz CT molecular complexity index is 1180. The number of amides is 1. The van der Waals surface area contributed by atoms with Crippen LogP contribution in [-0.2, 0) is 4.79 Å². The van der Waals surface area contributed by atoms with Crippen molar-refractivity contribution in [2.24, 2.45) is 22.3 Å². The van der Waals surface area contributed by atoms with Crippen LogP contribution in [-0.4, -0.2) is 16.7 Å². The molecule has 1 heterocycles. The van der Waals surface area contributed by atoms with E-state index in [1.165, 1.54) is 36.5 Å². The van der Waals surface area contributed by atoms with Crippen LogP contribution in [0, 0.1) is 17.5 Å². The van der Waals surface area contributed by atoms with Gasteiger partial charge in [-0.1, -0.05) is 18.2 Å². The van der Waals surface area contributed by atoms with Crippen molar-refractivity contribution in [3.8, 4) is 0 Å². The van der Waals surface area contributed by atoms with Gasteiger partial charge in [0.25, 0.3) is 5.91 Å². The van der Waals surface area contributed by atoms with E-state index < -0.39 is 40.5 Å². The third-order valence-electron chi connectivity index (χ3n) is 4.17. The summed E-state index contributed by atoms with van der Waals surface area (Å²) in [5.41, 5.74) is 10.6. The summed E-state index contributed by atoms with van der Waals surface area (Å²) in [7, 11) is 0. The van der Waals surface area contributed by atoms with Crippen molar-refractivity contribution in [2.75, 3.05) is 5.01 Å². The maximum absolute atomic E-state index is 14.3. The maximum Gasteiger partial charge on any atom is 0.297 e. The number of aromatic nitrogens is 1. The van der Waals surface area contributed by atoms with Crippen molar-refractivity contribution in [2.45, 2.75) is 0 Å². The van der Waals surface area contributed by atoms with E-state index in [-0.39, 0.29) is 17.1 Å². The summed E-state index contributed by atoms with van der Waals surface area (Å²) >= 11 is 0. The van der Waals surface area contributed by atoms with Gasteiger partial charge in [0, 0.05) is 6.20 Å². The SMILES string of the molecule is NC(=NC(=O)/C(N)=C(\c1ccccn1)N(N)c1ccccc1F)c1cc(F)ccc1F. The third kappa shape index (κ3) is 4.70. The Hall–Kier alpha value is -4.18. The van der Waals surface area contributed by atoms with Crippen molar-refractivity contribution in [3.63, 3.8) is 0 Å². The molecule has 158 valence electrons. The molecular formula is C21H17F3N6O. The van der Waals surface area contributed by atoms with Gasteiger partial charge in [-0.2, -0.15) is 4.99 Å². The number of pyridine rings is 1. The van der Waals surface area contributed by atoms with Crippen LogP contribution in [0.4, 0.5) is 18.9 Å². The lowest BCUT2D eigenvalue weighted by atomic mass is 10.1. The molecule has 2 aromatic carbocycles. The first-order valence-electron chi connectivity index (χ1n) is 8.84. The fourth-order valence-corrected chi connectivity index (χ4v) is 2.69. The molecule has 0 aliphatic carbocycles. The second-order valence-electron chi connectivity index (χ2n) is 6.23. The van der Waals surface area contributed by atoms with Crippen molar-refractivity contribution in [3.05, 3.63) is 101 Å². The Morgan fingerprint density at radius 1 is 0.935 bits per heavy atom. The molecular weight excluding hydrogens is 409 g/mol. The molecule has 0 spiro atoms. The van der Waals surface area contributed by atoms with Crippen LogP contribution in [0.15, 0.2) is 77.5 Å². The van der Waals surface area contributed by atoms with Gasteiger partial charge in [-0.25, -0.2) is 19.0 Å². The summed E-state index contributed by atoms with van der Waals surface area (Å²) < 4.78 is 41.6. The molecule has 6 N–H and O–H groups in total.